The second kappa shape index (κ2) is 7.34. The minimum Gasteiger partial charge on any atom is -0.379 e. The predicted octanol–water partition coefficient (Wildman–Crippen LogP) is 1.40. The van der Waals surface area contributed by atoms with E-state index in [2.05, 4.69) is 20.5 Å². The van der Waals surface area contributed by atoms with E-state index in [4.69, 9.17) is 9.47 Å². The summed E-state index contributed by atoms with van der Waals surface area (Å²) in [7, 11) is 0. The summed E-state index contributed by atoms with van der Waals surface area (Å²) in [5.41, 5.74) is 1.78. The number of aromatic nitrogens is 3. The third kappa shape index (κ3) is 3.75. The fraction of sp³-hybridized carbons (Fsp3) is 0.438. The van der Waals surface area contributed by atoms with Crippen LogP contribution in [0.2, 0.25) is 0 Å². The van der Waals surface area contributed by atoms with Gasteiger partial charge in [-0.15, -0.1) is 0 Å². The highest BCUT2D eigenvalue weighted by molar-refractivity contribution is 5.93. The molecule has 1 saturated heterocycles. The molecule has 0 saturated carbocycles. The molecule has 1 aliphatic heterocycles. The number of rotatable bonds is 5. The molecule has 0 radical (unpaired) electrons. The Bertz CT molecular complexity index is 642. The van der Waals surface area contributed by atoms with Crippen molar-refractivity contribution in [2.75, 3.05) is 19.8 Å². The molecule has 3 rings (SSSR count). The number of H-pyrrole nitrogens is 1. The van der Waals surface area contributed by atoms with Crippen molar-refractivity contribution in [2.45, 2.75) is 25.5 Å². The molecule has 1 fully saturated rings. The van der Waals surface area contributed by atoms with Crippen LogP contribution in [-0.2, 0) is 9.47 Å². The highest BCUT2D eigenvalue weighted by atomic mass is 16.5. The fourth-order valence-corrected chi connectivity index (χ4v) is 2.58. The van der Waals surface area contributed by atoms with E-state index in [1.807, 2.05) is 25.1 Å². The molecule has 1 amide bonds. The highest BCUT2D eigenvalue weighted by Gasteiger charge is 2.28. The van der Waals surface area contributed by atoms with E-state index < -0.39 is 0 Å². The summed E-state index contributed by atoms with van der Waals surface area (Å²) < 4.78 is 11.0. The first-order valence-electron chi connectivity index (χ1n) is 7.75. The third-order valence-corrected chi connectivity index (χ3v) is 3.75. The Balaban J connectivity index is 1.67. The zero-order valence-electron chi connectivity index (χ0n) is 13.0. The highest BCUT2D eigenvalue weighted by Crippen LogP contribution is 2.16. The van der Waals surface area contributed by atoms with E-state index in [0.29, 0.717) is 31.2 Å². The van der Waals surface area contributed by atoms with Crippen LogP contribution < -0.4 is 5.32 Å². The van der Waals surface area contributed by atoms with E-state index in [-0.39, 0.29) is 18.1 Å². The van der Waals surface area contributed by atoms with Crippen LogP contribution in [-0.4, -0.2) is 53.1 Å². The number of pyridine rings is 1. The lowest BCUT2D eigenvalue weighted by molar-refractivity contribution is -0.0633. The van der Waals surface area contributed by atoms with E-state index in [0.717, 1.165) is 12.1 Å². The van der Waals surface area contributed by atoms with E-state index >= 15 is 0 Å². The van der Waals surface area contributed by atoms with Gasteiger partial charge in [0.05, 0.1) is 18.3 Å². The topological polar surface area (TPSA) is 89.1 Å². The van der Waals surface area contributed by atoms with Gasteiger partial charge in [0.2, 0.25) is 0 Å². The molecule has 0 spiro atoms. The molecule has 1 aliphatic rings. The Morgan fingerprint density at radius 1 is 1.48 bits per heavy atom. The number of nitrogens with zero attached hydrogens (tertiary/aromatic N) is 2. The second-order valence-electron chi connectivity index (χ2n) is 5.32. The maximum atomic E-state index is 12.4. The lowest BCUT2D eigenvalue weighted by atomic mass is 10.1. The lowest BCUT2D eigenvalue weighted by Crippen LogP contribution is -2.50. The SMILES string of the molecule is CCO[C@@H]1COCC[C@H]1NC(=O)c1cc(-c2ccccn2)n[nH]1. The summed E-state index contributed by atoms with van der Waals surface area (Å²) in [5, 5.41) is 9.92. The van der Waals surface area contributed by atoms with Crippen LogP contribution in [0.15, 0.2) is 30.5 Å². The summed E-state index contributed by atoms with van der Waals surface area (Å²) in [6.45, 7) is 3.65. The zero-order chi connectivity index (χ0) is 16.1. The Morgan fingerprint density at radius 3 is 3.17 bits per heavy atom. The molecule has 23 heavy (non-hydrogen) atoms. The Hall–Kier alpha value is -2.25. The Morgan fingerprint density at radius 2 is 2.39 bits per heavy atom. The lowest BCUT2D eigenvalue weighted by Gasteiger charge is -2.31. The maximum Gasteiger partial charge on any atom is 0.269 e. The molecule has 0 unspecified atom stereocenters. The molecule has 2 N–H and O–H groups in total. The monoisotopic (exact) mass is 316 g/mol. The number of aromatic amines is 1. The van der Waals surface area contributed by atoms with Crippen molar-refractivity contribution in [3.63, 3.8) is 0 Å². The van der Waals surface area contributed by atoms with Crippen LogP contribution in [0.3, 0.4) is 0 Å². The number of nitrogens with one attached hydrogen (secondary N) is 2. The molecule has 3 heterocycles. The van der Waals surface area contributed by atoms with Crippen molar-refractivity contribution in [3.8, 4) is 11.4 Å². The largest absolute Gasteiger partial charge is 0.379 e. The Kier molecular flexibility index (Phi) is 4.99. The number of amides is 1. The van der Waals surface area contributed by atoms with Crippen LogP contribution in [0.5, 0.6) is 0 Å². The second-order valence-corrected chi connectivity index (χ2v) is 5.32. The van der Waals surface area contributed by atoms with E-state index in [1.165, 1.54) is 0 Å². The van der Waals surface area contributed by atoms with Gasteiger partial charge in [0.25, 0.3) is 5.91 Å². The minimum atomic E-state index is -0.198. The quantitative estimate of drug-likeness (QED) is 0.870. The van der Waals surface area contributed by atoms with Crippen molar-refractivity contribution in [3.05, 3.63) is 36.2 Å². The minimum absolute atomic E-state index is 0.0576. The molecular formula is C16H20N4O3. The van der Waals surface area contributed by atoms with Gasteiger partial charge in [-0.1, -0.05) is 6.07 Å². The van der Waals surface area contributed by atoms with Crippen LogP contribution in [0.1, 0.15) is 23.8 Å². The van der Waals surface area contributed by atoms with Crippen LogP contribution in [0.25, 0.3) is 11.4 Å². The van der Waals surface area contributed by atoms with Crippen molar-refractivity contribution in [2.24, 2.45) is 0 Å². The third-order valence-electron chi connectivity index (χ3n) is 3.75. The standard InChI is InChI=1S/C16H20N4O3/c1-2-23-15-10-22-8-6-12(15)18-16(21)14-9-13(19-20-14)11-5-3-4-7-17-11/h3-5,7,9,12,15H,2,6,8,10H2,1H3,(H,18,21)(H,19,20)/t12-,15-/m1/s1. The maximum absolute atomic E-state index is 12.4. The van der Waals surface area contributed by atoms with Crippen molar-refractivity contribution >= 4 is 5.91 Å². The first-order chi connectivity index (χ1) is 11.3. The van der Waals surface area contributed by atoms with Crippen LogP contribution >= 0.6 is 0 Å². The van der Waals surface area contributed by atoms with Gasteiger partial charge in [0.1, 0.15) is 17.5 Å². The first kappa shape index (κ1) is 15.6. The molecular weight excluding hydrogens is 296 g/mol. The van der Waals surface area contributed by atoms with E-state index in [1.54, 1.807) is 12.3 Å². The predicted molar refractivity (Wildman–Crippen MR) is 83.9 cm³/mol. The molecule has 2 aromatic heterocycles. The van der Waals surface area contributed by atoms with Gasteiger partial charge in [-0.3, -0.25) is 14.9 Å². The first-order valence-corrected chi connectivity index (χ1v) is 7.75. The fourth-order valence-electron chi connectivity index (χ4n) is 2.58. The van der Waals surface area contributed by atoms with Crippen molar-refractivity contribution in [1.82, 2.24) is 20.5 Å². The smallest absolute Gasteiger partial charge is 0.269 e. The number of carbonyl (C=O) groups is 1. The van der Waals surface area contributed by atoms with Crippen LogP contribution in [0, 0.1) is 0 Å². The molecule has 0 bridgehead atoms. The van der Waals surface area contributed by atoms with Crippen molar-refractivity contribution in [1.29, 1.82) is 0 Å². The average molecular weight is 316 g/mol. The zero-order valence-corrected chi connectivity index (χ0v) is 13.0. The van der Waals surface area contributed by atoms with Gasteiger partial charge in [-0.2, -0.15) is 5.10 Å². The summed E-state index contributed by atoms with van der Waals surface area (Å²) in [5.74, 6) is -0.198. The summed E-state index contributed by atoms with van der Waals surface area (Å²) in [6.07, 6.45) is 2.31. The van der Waals surface area contributed by atoms with Gasteiger partial charge >= 0.3 is 0 Å². The number of ether oxygens (including phenoxy) is 2. The van der Waals surface area contributed by atoms with Gasteiger partial charge < -0.3 is 14.8 Å². The molecule has 2 aromatic rings. The molecule has 7 heteroatoms. The summed E-state index contributed by atoms with van der Waals surface area (Å²) in [4.78, 5) is 16.6. The van der Waals surface area contributed by atoms with Gasteiger partial charge in [-0.05, 0) is 31.5 Å². The average Bonchev–Trinajstić information content (AvgIpc) is 3.08. The number of carbonyl (C=O) groups excluding carboxylic acids is 1. The summed E-state index contributed by atoms with van der Waals surface area (Å²) >= 11 is 0. The van der Waals surface area contributed by atoms with Gasteiger partial charge in [-0.25, -0.2) is 0 Å². The normalized spacial score (nSPS) is 21.1. The molecule has 7 nitrogen and oxygen atoms in total. The molecule has 2 atom stereocenters. The number of hydrogen-bond acceptors (Lipinski definition) is 5. The molecule has 0 aromatic carbocycles. The molecule has 0 aliphatic carbocycles. The Labute approximate surface area is 134 Å². The van der Waals surface area contributed by atoms with Gasteiger partial charge in [0, 0.05) is 19.4 Å². The number of hydrogen-bond donors (Lipinski definition) is 2. The molecule has 122 valence electrons. The van der Waals surface area contributed by atoms with Crippen LogP contribution in [0.4, 0.5) is 0 Å². The summed E-state index contributed by atoms with van der Waals surface area (Å²) in [6, 6.07) is 7.21. The van der Waals surface area contributed by atoms with E-state index in [9.17, 15) is 4.79 Å². The van der Waals surface area contributed by atoms with Crippen molar-refractivity contribution < 1.29 is 14.3 Å². The van der Waals surface area contributed by atoms with Gasteiger partial charge in [0.15, 0.2) is 0 Å².